The lowest BCUT2D eigenvalue weighted by molar-refractivity contribution is -0.138. The van der Waals surface area contributed by atoms with Crippen LogP contribution in [0.3, 0.4) is 0 Å². The fourth-order valence-corrected chi connectivity index (χ4v) is 4.46. The molecule has 1 aliphatic carbocycles. The number of benzene rings is 1. The summed E-state index contributed by atoms with van der Waals surface area (Å²) in [5.74, 6) is 1.14. The van der Waals surface area contributed by atoms with Crippen LogP contribution < -0.4 is 15.5 Å². The maximum Gasteiger partial charge on any atom is 0.230 e. The van der Waals surface area contributed by atoms with Crippen molar-refractivity contribution in [1.82, 2.24) is 15.5 Å². The summed E-state index contributed by atoms with van der Waals surface area (Å²) in [6.07, 6.45) is 5.61. The number of hydrogen-bond acceptors (Lipinski definition) is 3. The molecule has 0 radical (unpaired) electrons. The van der Waals surface area contributed by atoms with Crippen molar-refractivity contribution in [3.63, 3.8) is 0 Å². The Morgan fingerprint density at radius 3 is 2.40 bits per heavy atom. The number of aliphatic imine (C=N–C) groups is 1. The first-order chi connectivity index (χ1) is 14.4. The largest absolute Gasteiger partial charge is 0.357 e. The Morgan fingerprint density at radius 1 is 1.13 bits per heavy atom. The molecule has 0 unspecified atom stereocenters. The summed E-state index contributed by atoms with van der Waals surface area (Å²) in [6.45, 7) is 4.74. The Balaban J connectivity index is 1.62. The molecule has 0 spiro atoms. The van der Waals surface area contributed by atoms with Gasteiger partial charge in [0.25, 0.3) is 0 Å². The van der Waals surface area contributed by atoms with Crippen LogP contribution in [-0.4, -0.2) is 56.4 Å². The minimum absolute atomic E-state index is 0.201. The number of amides is 2. The molecule has 2 N–H and O–H groups in total. The van der Waals surface area contributed by atoms with Gasteiger partial charge in [-0.1, -0.05) is 25.0 Å². The Kier molecular flexibility index (Phi) is 7.34. The lowest BCUT2D eigenvalue weighted by Gasteiger charge is -2.31. The SMILES string of the molecule is CCNC(=NCc1ccc(N2CCCC2=O)cc1)NCC1(C(=O)N(C)C)CCCC1. The molecule has 30 heavy (non-hydrogen) atoms. The van der Waals surface area contributed by atoms with E-state index in [1.807, 2.05) is 50.2 Å². The molecule has 2 fully saturated rings. The van der Waals surface area contributed by atoms with E-state index in [1.54, 1.807) is 4.90 Å². The fourth-order valence-electron chi connectivity index (χ4n) is 4.46. The average Bonchev–Trinajstić information content (AvgIpc) is 3.39. The van der Waals surface area contributed by atoms with E-state index in [2.05, 4.69) is 10.6 Å². The maximum absolute atomic E-state index is 12.8. The van der Waals surface area contributed by atoms with Gasteiger partial charge in [0.1, 0.15) is 0 Å². The third-order valence-electron chi connectivity index (χ3n) is 6.10. The normalized spacial score (nSPS) is 18.6. The van der Waals surface area contributed by atoms with Crippen molar-refractivity contribution in [3.8, 4) is 0 Å². The van der Waals surface area contributed by atoms with Crippen molar-refractivity contribution in [2.24, 2.45) is 10.4 Å². The standard InChI is InChI=1S/C23H35N5O2/c1-4-24-22(26-17-23(13-5-6-14-23)21(30)27(2)3)25-16-18-9-11-19(12-10-18)28-15-7-8-20(28)29/h9-12H,4-8,13-17H2,1-3H3,(H2,24,25,26). The van der Waals surface area contributed by atoms with Crippen LogP contribution in [0.15, 0.2) is 29.3 Å². The number of rotatable bonds is 7. The smallest absolute Gasteiger partial charge is 0.230 e. The minimum atomic E-state index is -0.330. The quantitative estimate of drug-likeness (QED) is 0.532. The zero-order chi connectivity index (χ0) is 21.6. The zero-order valence-electron chi connectivity index (χ0n) is 18.5. The maximum atomic E-state index is 12.8. The fraction of sp³-hybridized carbons (Fsp3) is 0.609. The van der Waals surface area contributed by atoms with Crippen molar-refractivity contribution >= 4 is 23.5 Å². The van der Waals surface area contributed by atoms with Crippen LogP contribution in [0.4, 0.5) is 5.69 Å². The van der Waals surface area contributed by atoms with Gasteiger partial charge in [-0.3, -0.25) is 9.59 Å². The van der Waals surface area contributed by atoms with Gasteiger partial charge in [-0.15, -0.1) is 0 Å². The summed E-state index contributed by atoms with van der Waals surface area (Å²) < 4.78 is 0. The van der Waals surface area contributed by atoms with Crippen LogP contribution in [0, 0.1) is 5.41 Å². The molecule has 0 aromatic heterocycles. The highest BCUT2D eigenvalue weighted by atomic mass is 16.2. The van der Waals surface area contributed by atoms with Crippen molar-refractivity contribution in [3.05, 3.63) is 29.8 Å². The second-order valence-electron chi connectivity index (χ2n) is 8.55. The predicted octanol–water partition coefficient (Wildman–Crippen LogP) is 2.52. The van der Waals surface area contributed by atoms with Crippen LogP contribution in [0.5, 0.6) is 0 Å². The second kappa shape index (κ2) is 9.96. The van der Waals surface area contributed by atoms with Gasteiger partial charge in [0.05, 0.1) is 12.0 Å². The third-order valence-corrected chi connectivity index (χ3v) is 6.10. The second-order valence-corrected chi connectivity index (χ2v) is 8.55. The number of carbonyl (C=O) groups is 2. The number of nitrogens with zero attached hydrogens (tertiary/aromatic N) is 3. The topological polar surface area (TPSA) is 77.0 Å². The van der Waals surface area contributed by atoms with Crippen molar-refractivity contribution < 1.29 is 9.59 Å². The van der Waals surface area contributed by atoms with E-state index >= 15 is 0 Å². The van der Waals surface area contributed by atoms with Crippen molar-refractivity contribution in [1.29, 1.82) is 0 Å². The van der Waals surface area contributed by atoms with Gasteiger partial charge in [0.15, 0.2) is 5.96 Å². The van der Waals surface area contributed by atoms with Crippen LogP contribution in [0.25, 0.3) is 0 Å². The van der Waals surface area contributed by atoms with Crippen LogP contribution in [-0.2, 0) is 16.1 Å². The third kappa shape index (κ3) is 5.12. The van der Waals surface area contributed by atoms with Gasteiger partial charge in [-0.25, -0.2) is 4.99 Å². The van der Waals surface area contributed by atoms with Gasteiger partial charge in [-0.2, -0.15) is 0 Å². The molecule has 3 rings (SSSR count). The van der Waals surface area contributed by atoms with Crippen molar-refractivity contribution in [2.45, 2.75) is 52.0 Å². The molecule has 2 amide bonds. The van der Waals surface area contributed by atoms with Gasteiger partial charge < -0.3 is 20.4 Å². The molecule has 7 nitrogen and oxygen atoms in total. The molecule has 1 aliphatic heterocycles. The minimum Gasteiger partial charge on any atom is -0.357 e. The highest BCUT2D eigenvalue weighted by Crippen LogP contribution is 2.38. The van der Waals surface area contributed by atoms with Gasteiger partial charge >= 0.3 is 0 Å². The number of carbonyl (C=O) groups excluding carboxylic acids is 2. The van der Waals surface area contributed by atoms with Crippen LogP contribution in [0.1, 0.15) is 51.0 Å². The monoisotopic (exact) mass is 413 g/mol. The lowest BCUT2D eigenvalue weighted by atomic mass is 9.84. The molecule has 1 saturated heterocycles. The van der Waals surface area contributed by atoms with E-state index in [1.165, 1.54) is 0 Å². The van der Waals surface area contributed by atoms with Crippen LogP contribution in [0.2, 0.25) is 0 Å². The summed E-state index contributed by atoms with van der Waals surface area (Å²) in [6, 6.07) is 8.06. The molecule has 0 atom stereocenters. The zero-order valence-corrected chi connectivity index (χ0v) is 18.5. The number of hydrogen-bond donors (Lipinski definition) is 2. The number of guanidine groups is 1. The average molecular weight is 414 g/mol. The molecular weight excluding hydrogens is 378 g/mol. The molecule has 164 valence electrons. The highest BCUT2D eigenvalue weighted by Gasteiger charge is 2.42. The van der Waals surface area contributed by atoms with E-state index in [4.69, 9.17) is 4.99 Å². The Morgan fingerprint density at radius 2 is 1.83 bits per heavy atom. The molecule has 1 aromatic rings. The van der Waals surface area contributed by atoms with E-state index in [9.17, 15) is 9.59 Å². The first-order valence-corrected chi connectivity index (χ1v) is 11.1. The summed E-state index contributed by atoms with van der Waals surface area (Å²) >= 11 is 0. The van der Waals surface area contributed by atoms with Gasteiger partial charge in [-0.05, 0) is 43.9 Å². The summed E-state index contributed by atoms with van der Waals surface area (Å²) in [7, 11) is 3.67. The predicted molar refractivity (Wildman–Crippen MR) is 120 cm³/mol. The van der Waals surface area contributed by atoms with Crippen molar-refractivity contribution in [2.75, 3.05) is 38.6 Å². The Labute approximate surface area is 179 Å². The van der Waals surface area contributed by atoms with E-state index in [0.717, 1.165) is 62.4 Å². The summed E-state index contributed by atoms with van der Waals surface area (Å²) in [5.41, 5.74) is 1.71. The van der Waals surface area contributed by atoms with E-state index in [-0.39, 0.29) is 17.2 Å². The van der Waals surface area contributed by atoms with E-state index in [0.29, 0.717) is 19.5 Å². The molecule has 2 aliphatic rings. The number of anilines is 1. The molecule has 1 aromatic carbocycles. The highest BCUT2D eigenvalue weighted by molar-refractivity contribution is 5.95. The molecular formula is C23H35N5O2. The lowest BCUT2D eigenvalue weighted by Crippen LogP contribution is -2.49. The van der Waals surface area contributed by atoms with Crippen LogP contribution >= 0.6 is 0 Å². The first-order valence-electron chi connectivity index (χ1n) is 11.1. The molecule has 1 heterocycles. The van der Waals surface area contributed by atoms with Gasteiger partial charge in [0, 0.05) is 45.8 Å². The molecule has 1 saturated carbocycles. The Bertz CT molecular complexity index is 766. The van der Waals surface area contributed by atoms with Gasteiger partial charge in [0.2, 0.25) is 11.8 Å². The molecule has 0 bridgehead atoms. The summed E-state index contributed by atoms with van der Waals surface area (Å²) in [5, 5.41) is 6.70. The molecule has 7 heteroatoms. The Hall–Kier alpha value is -2.57. The summed E-state index contributed by atoms with van der Waals surface area (Å²) in [4.78, 5) is 33.0. The first kappa shape index (κ1) is 22.1. The van der Waals surface area contributed by atoms with E-state index < -0.39 is 0 Å². The number of nitrogens with one attached hydrogen (secondary N) is 2.